The van der Waals surface area contributed by atoms with Gasteiger partial charge in [-0.3, -0.25) is 19.1 Å². The van der Waals surface area contributed by atoms with Crippen LogP contribution in [0.5, 0.6) is 0 Å². The van der Waals surface area contributed by atoms with Crippen molar-refractivity contribution in [2.75, 3.05) is 25.5 Å². The molecule has 0 saturated heterocycles. The van der Waals surface area contributed by atoms with Crippen LogP contribution in [-0.2, 0) is 16.3 Å². The Balaban J connectivity index is 0.000000294. The summed E-state index contributed by atoms with van der Waals surface area (Å²) in [6, 6.07) is -0.716. The van der Waals surface area contributed by atoms with E-state index in [1.54, 1.807) is 0 Å². The SMILES string of the molecule is NCCCCC(N)C(=O)O.Nc1nc2c(ncn2COCCO)c(=O)[nH]1. The fourth-order valence-electron chi connectivity index (χ4n) is 1.92. The first kappa shape index (κ1) is 21.5. The molecule has 0 bridgehead atoms. The van der Waals surface area contributed by atoms with Crippen molar-refractivity contribution in [2.24, 2.45) is 11.5 Å². The summed E-state index contributed by atoms with van der Waals surface area (Å²) in [6.07, 6.45) is 3.60. The number of nitrogens with zero attached hydrogens (tertiary/aromatic N) is 3. The third-order valence-corrected chi connectivity index (χ3v) is 3.25. The van der Waals surface area contributed by atoms with Crippen LogP contribution in [0.15, 0.2) is 11.1 Å². The van der Waals surface area contributed by atoms with Gasteiger partial charge in [0.1, 0.15) is 12.8 Å². The minimum absolute atomic E-state index is 0.0291. The maximum Gasteiger partial charge on any atom is 0.320 e. The van der Waals surface area contributed by atoms with Gasteiger partial charge in [0.05, 0.1) is 19.5 Å². The maximum absolute atomic E-state index is 11.4. The zero-order valence-corrected chi connectivity index (χ0v) is 14.3. The first-order chi connectivity index (χ1) is 12.4. The number of unbranched alkanes of at least 4 members (excludes halogenated alkanes) is 1. The number of imidazole rings is 1. The Bertz CT molecular complexity index is 745. The van der Waals surface area contributed by atoms with Crippen molar-refractivity contribution in [3.63, 3.8) is 0 Å². The largest absolute Gasteiger partial charge is 0.480 e. The smallest absolute Gasteiger partial charge is 0.320 e. The first-order valence-corrected chi connectivity index (χ1v) is 7.98. The molecular formula is C14H25N7O5. The van der Waals surface area contributed by atoms with E-state index in [1.807, 2.05) is 0 Å². The Hall–Kier alpha value is -2.54. The minimum Gasteiger partial charge on any atom is -0.480 e. The lowest BCUT2D eigenvalue weighted by Crippen LogP contribution is -2.29. The molecule has 12 nitrogen and oxygen atoms in total. The fourth-order valence-corrected chi connectivity index (χ4v) is 1.92. The van der Waals surface area contributed by atoms with Crippen LogP contribution in [0.1, 0.15) is 19.3 Å². The molecule has 0 aliphatic heterocycles. The number of carbonyl (C=O) groups is 1. The quantitative estimate of drug-likeness (QED) is 0.272. The average molecular weight is 371 g/mol. The van der Waals surface area contributed by atoms with Gasteiger partial charge in [-0.25, -0.2) is 4.98 Å². The van der Waals surface area contributed by atoms with Crippen LogP contribution in [0.4, 0.5) is 5.95 Å². The zero-order valence-electron chi connectivity index (χ0n) is 14.3. The van der Waals surface area contributed by atoms with Crippen molar-refractivity contribution < 1.29 is 19.7 Å². The molecule has 0 radical (unpaired) electrons. The summed E-state index contributed by atoms with van der Waals surface area (Å²) >= 11 is 0. The van der Waals surface area contributed by atoms with Gasteiger partial charge in [-0.05, 0) is 19.4 Å². The normalized spacial score (nSPS) is 11.8. The lowest BCUT2D eigenvalue weighted by molar-refractivity contribution is -0.138. The number of aliphatic carboxylic acids is 1. The maximum atomic E-state index is 11.4. The van der Waals surface area contributed by atoms with E-state index in [1.165, 1.54) is 10.9 Å². The number of aromatic nitrogens is 4. The van der Waals surface area contributed by atoms with Crippen LogP contribution < -0.4 is 22.8 Å². The van der Waals surface area contributed by atoms with E-state index in [2.05, 4.69) is 15.0 Å². The number of nitrogens with two attached hydrogens (primary N) is 3. The second-order valence-electron chi connectivity index (χ2n) is 5.33. The van der Waals surface area contributed by atoms with E-state index in [0.717, 1.165) is 12.8 Å². The van der Waals surface area contributed by atoms with Gasteiger partial charge in [-0.2, -0.15) is 4.98 Å². The topological polar surface area (TPSA) is 208 Å². The summed E-state index contributed by atoms with van der Waals surface area (Å²) in [7, 11) is 0. The van der Waals surface area contributed by atoms with Crippen LogP contribution in [0.2, 0.25) is 0 Å². The fraction of sp³-hybridized carbons (Fsp3) is 0.571. The van der Waals surface area contributed by atoms with Crippen LogP contribution in [0, 0.1) is 0 Å². The second-order valence-corrected chi connectivity index (χ2v) is 5.33. The van der Waals surface area contributed by atoms with Crippen molar-refractivity contribution in [1.82, 2.24) is 19.5 Å². The van der Waals surface area contributed by atoms with E-state index in [4.69, 9.17) is 32.2 Å². The standard InChI is InChI=1S/C8H11N5O3.C6H14N2O2/c9-8-11-6-5(7(15)12-8)10-3-13(6)4-16-2-1-14;7-4-2-1-3-5(8)6(9)10/h3,14H,1-2,4H2,(H3,9,11,12,15);5H,1-4,7-8H2,(H,9,10). The van der Waals surface area contributed by atoms with Crippen molar-refractivity contribution in [2.45, 2.75) is 32.0 Å². The van der Waals surface area contributed by atoms with Gasteiger partial charge in [0, 0.05) is 0 Å². The van der Waals surface area contributed by atoms with Crippen LogP contribution in [0.25, 0.3) is 11.2 Å². The summed E-state index contributed by atoms with van der Waals surface area (Å²) < 4.78 is 6.63. The summed E-state index contributed by atoms with van der Waals surface area (Å²) in [5.41, 5.74) is 16.0. The molecule has 0 spiro atoms. The van der Waals surface area contributed by atoms with Crippen LogP contribution in [-0.4, -0.2) is 61.5 Å². The lowest BCUT2D eigenvalue weighted by atomic mass is 10.1. The van der Waals surface area contributed by atoms with Gasteiger partial charge in [-0.1, -0.05) is 6.42 Å². The predicted molar refractivity (Wildman–Crippen MR) is 94.1 cm³/mol. The molecule has 26 heavy (non-hydrogen) atoms. The molecule has 2 heterocycles. The van der Waals surface area contributed by atoms with Gasteiger partial charge in [-0.15, -0.1) is 0 Å². The Morgan fingerprint density at radius 1 is 1.42 bits per heavy atom. The number of aromatic amines is 1. The monoisotopic (exact) mass is 371 g/mol. The highest BCUT2D eigenvalue weighted by atomic mass is 16.5. The summed E-state index contributed by atoms with van der Waals surface area (Å²) in [6.45, 7) is 0.903. The molecule has 0 fully saturated rings. The molecule has 9 N–H and O–H groups in total. The number of carboxylic acids is 1. The van der Waals surface area contributed by atoms with Gasteiger partial charge in [0.2, 0.25) is 5.95 Å². The van der Waals surface area contributed by atoms with Crippen LogP contribution in [0.3, 0.4) is 0 Å². The number of nitrogen functional groups attached to an aromatic ring is 1. The molecule has 0 aromatic carbocycles. The number of aliphatic hydroxyl groups is 1. The Morgan fingerprint density at radius 3 is 2.77 bits per heavy atom. The molecule has 1 unspecified atom stereocenters. The predicted octanol–water partition coefficient (Wildman–Crippen LogP) is -1.80. The van der Waals surface area contributed by atoms with E-state index in [-0.39, 0.29) is 37.0 Å². The highest BCUT2D eigenvalue weighted by Crippen LogP contribution is 2.06. The number of hydrogen-bond acceptors (Lipinski definition) is 9. The van der Waals surface area contributed by atoms with Gasteiger partial charge >= 0.3 is 5.97 Å². The molecule has 1 atom stereocenters. The summed E-state index contributed by atoms with van der Waals surface area (Å²) in [4.78, 5) is 31.7. The highest BCUT2D eigenvalue weighted by Gasteiger charge is 2.09. The molecule has 0 saturated carbocycles. The summed E-state index contributed by atoms with van der Waals surface area (Å²) in [5, 5.41) is 16.9. The van der Waals surface area contributed by atoms with E-state index in [0.29, 0.717) is 18.6 Å². The lowest BCUT2D eigenvalue weighted by Gasteiger charge is -2.03. The molecule has 2 aromatic heterocycles. The highest BCUT2D eigenvalue weighted by molar-refractivity contribution is 5.73. The van der Waals surface area contributed by atoms with E-state index >= 15 is 0 Å². The molecule has 0 aliphatic rings. The Kier molecular flexibility index (Phi) is 9.22. The third-order valence-electron chi connectivity index (χ3n) is 3.25. The van der Waals surface area contributed by atoms with Gasteiger partial charge in [0.15, 0.2) is 11.2 Å². The number of ether oxygens (including phenoxy) is 1. The number of hydrogen-bond donors (Lipinski definition) is 6. The number of aliphatic hydroxyl groups excluding tert-OH is 1. The number of carboxylic acid groups (broad SMARTS) is 1. The molecule has 0 amide bonds. The molecule has 2 aromatic rings. The first-order valence-electron chi connectivity index (χ1n) is 7.98. The molecular weight excluding hydrogens is 346 g/mol. The number of nitrogens with one attached hydrogen (secondary N) is 1. The molecule has 146 valence electrons. The van der Waals surface area contributed by atoms with Crippen molar-refractivity contribution in [3.8, 4) is 0 Å². The zero-order chi connectivity index (χ0) is 19.5. The number of rotatable bonds is 9. The molecule has 2 rings (SSSR count). The third kappa shape index (κ3) is 6.76. The number of H-pyrrole nitrogens is 1. The molecule has 0 aliphatic carbocycles. The number of anilines is 1. The van der Waals surface area contributed by atoms with Crippen molar-refractivity contribution >= 4 is 23.1 Å². The summed E-state index contributed by atoms with van der Waals surface area (Å²) in [5.74, 6) is -0.904. The van der Waals surface area contributed by atoms with E-state index < -0.39 is 12.0 Å². The van der Waals surface area contributed by atoms with Crippen molar-refractivity contribution in [3.05, 3.63) is 16.7 Å². The average Bonchev–Trinajstić information content (AvgIpc) is 2.99. The van der Waals surface area contributed by atoms with Gasteiger partial charge < -0.3 is 32.2 Å². The van der Waals surface area contributed by atoms with Crippen LogP contribution >= 0.6 is 0 Å². The van der Waals surface area contributed by atoms with Crippen molar-refractivity contribution in [1.29, 1.82) is 0 Å². The Morgan fingerprint density at radius 2 is 2.15 bits per heavy atom. The van der Waals surface area contributed by atoms with E-state index in [9.17, 15) is 9.59 Å². The molecule has 12 heteroatoms. The second kappa shape index (κ2) is 11.1. The Labute approximate surface area is 149 Å². The minimum atomic E-state index is -0.933. The number of fused-ring (bicyclic) bond motifs is 1. The van der Waals surface area contributed by atoms with Gasteiger partial charge in [0.25, 0.3) is 5.56 Å².